The van der Waals surface area contributed by atoms with Crippen LogP contribution in [-0.2, 0) is 6.42 Å². The first kappa shape index (κ1) is 11.0. The summed E-state index contributed by atoms with van der Waals surface area (Å²) in [6.45, 7) is 3.00. The Kier molecular flexibility index (Phi) is 2.84. The number of rotatable bonds is 2. The molecule has 0 amide bonds. The minimum Gasteiger partial charge on any atom is -0.385 e. The Morgan fingerprint density at radius 3 is 2.94 bits per heavy atom. The van der Waals surface area contributed by atoms with Gasteiger partial charge in [-0.1, -0.05) is 0 Å². The number of hydrogen-bond acceptors (Lipinski definition) is 4. The molecule has 2 heterocycles. The van der Waals surface area contributed by atoms with E-state index in [4.69, 9.17) is 0 Å². The predicted octanol–water partition coefficient (Wildman–Crippen LogP) is 2.89. The van der Waals surface area contributed by atoms with E-state index in [0.717, 1.165) is 30.2 Å². The summed E-state index contributed by atoms with van der Waals surface area (Å²) in [5.41, 5.74) is 4.61. The van der Waals surface area contributed by atoms with Crippen molar-refractivity contribution in [3.05, 3.63) is 41.6 Å². The summed E-state index contributed by atoms with van der Waals surface area (Å²) < 4.78 is 0. The molecule has 0 aliphatic carbocycles. The second-order valence-corrected chi connectivity index (χ2v) is 4.59. The first-order valence-electron chi connectivity index (χ1n) is 6.25. The van der Waals surface area contributed by atoms with E-state index in [0.29, 0.717) is 0 Å². The van der Waals surface area contributed by atoms with Crippen molar-refractivity contribution < 1.29 is 0 Å². The van der Waals surface area contributed by atoms with E-state index < -0.39 is 0 Å². The Morgan fingerprint density at radius 1 is 1.17 bits per heavy atom. The molecule has 0 saturated heterocycles. The summed E-state index contributed by atoms with van der Waals surface area (Å²) in [7, 11) is 0. The number of aromatic nitrogens is 2. The third kappa shape index (κ3) is 2.27. The van der Waals surface area contributed by atoms with Crippen LogP contribution in [0.15, 0.2) is 30.3 Å². The highest BCUT2D eigenvalue weighted by molar-refractivity contribution is 5.64. The summed E-state index contributed by atoms with van der Waals surface area (Å²) in [6, 6.07) is 10.3. The summed E-state index contributed by atoms with van der Waals surface area (Å²) in [6.07, 6.45) is 2.33. The molecule has 0 unspecified atom stereocenters. The van der Waals surface area contributed by atoms with Gasteiger partial charge in [-0.15, -0.1) is 5.10 Å². The van der Waals surface area contributed by atoms with Crippen molar-refractivity contribution >= 4 is 17.2 Å². The van der Waals surface area contributed by atoms with Crippen molar-refractivity contribution in [3.8, 4) is 0 Å². The molecule has 1 aliphatic rings. The summed E-state index contributed by atoms with van der Waals surface area (Å²) >= 11 is 0. The number of fused-ring (bicyclic) bond motifs is 1. The lowest BCUT2D eigenvalue weighted by molar-refractivity contribution is 0.830. The van der Waals surface area contributed by atoms with Gasteiger partial charge in [0.25, 0.3) is 0 Å². The molecule has 0 fully saturated rings. The molecule has 18 heavy (non-hydrogen) atoms. The maximum Gasteiger partial charge on any atom is 0.153 e. The lowest BCUT2D eigenvalue weighted by Gasteiger charge is -2.18. The van der Waals surface area contributed by atoms with Gasteiger partial charge in [-0.3, -0.25) is 0 Å². The zero-order valence-electron chi connectivity index (χ0n) is 10.4. The van der Waals surface area contributed by atoms with E-state index in [-0.39, 0.29) is 0 Å². The highest BCUT2D eigenvalue weighted by Crippen LogP contribution is 2.26. The fourth-order valence-electron chi connectivity index (χ4n) is 2.17. The fourth-order valence-corrected chi connectivity index (χ4v) is 2.17. The van der Waals surface area contributed by atoms with Gasteiger partial charge in [0.05, 0.1) is 5.69 Å². The van der Waals surface area contributed by atoms with Crippen molar-refractivity contribution in [1.82, 2.24) is 10.2 Å². The van der Waals surface area contributed by atoms with Gasteiger partial charge < -0.3 is 10.6 Å². The number of nitrogens with one attached hydrogen (secondary N) is 2. The Morgan fingerprint density at radius 2 is 2.11 bits per heavy atom. The Labute approximate surface area is 106 Å². The normalized spacial score (nSPS) is 13.6. The molecule has 2 aromatic rings. The van der Waals surface area contributed by atoms with Crippen LogP contribution >= 0.6 is 0 Å². The van der Waals surface area contributed by atoms with Crippen LogP contribution in [0.1, 0.15) is 17.7 Å². The molecule has 0 bridgehead atoms. The van der Waals surface area contributed by atoms with E-state index >= 15 is 0 Å². The zero-order valence-corrected chi connectivity index (χ0v) is 10.4. The molecule has 92 valence electrons. The minimum absolute atomic E-state index is 0.782. The van der Waals surface area contributed by atoms with Crippen molar-refractivity contribution in [3.63, 3.8) is 0 Å². The predicted molar refractivity (Wildman–Crippen MR) is 73.3 cm³/mol. The highest BCUT2D eigenvalue weighted by atomic mass is 15.2. The van der Waals surface area contributed by atoms with E-state index in [1.165, 1.54) is 17.7 Å². The Hall–Kier alpha value is -2.10. The topological polar surface area (TPSA) is 49.8 Å². The molecule has 1 aromatic heterocycles. The largest absolute Gasteiger partial charge is 0.385 e. The zero-order chi connectivity index (χ0) is 12.4. The number of benzene rings is 1. The average molecular weight is 240 g/mol. The van der Waals surface area contributed by atoms with E-state index in [1.54, 1.807) is 0 Å². The minimum atomic E-state index is 0.782. The van der Waals surface area contributed by atoms with Crippen LogP contribution in [0.3, 0.4) is 0 Å². The Balaban J connectivity index is 1.82. The smallest absolute Gasteiger partial charge is 0.153 e. The van der Waals surface area contributed by atoms with E-state index in [1.807, 2.05) is 19.1 Å². The monoisotopic (exact) mass is 240 g/mol. The molecular formula is C14H16N4. The molecule has 2 N–H and O–H groups in total. The van der Waals surface area contributed by atoms with Gasteiger partial charge in [0, 0.05) is 17.9 Å². The number of nitrogens with zero attached hydrogens (tertiary/aromatic N) is 2. The molecule has 3 rings (SSSR count). The second kappa shape index (κ2) is 4.64. The van der Waals surface area contributed by atoms with Gasteiger partial charge in [0.1, 0.15) is 0 Å². The summed E-state index contributed by atoms with van der Waals surface area (Å²) in [5.74, 6) is 0.782. The first-order chi connectivity index (χ1) is 8.81. The van der Waals surface area contributed by atoms with Crippen LogP contribution in [-0.4, -0.2) is 16.7 Å². The molecule has 0 atom stereocenters. The lowest BCUT2D eigenvalue weighted by Crippen LogP contribution is -2.11. The van der Waals surface area contributed by atoms with Crippen LogP contribution < -0.4 is 10.6 Å². The standard InChI is InChI=1S/C14H16N4/c1-10-4-7-14(18-17-10)16-12-5-6-13-11(9-12)3-2-8-15-13/h4-7,9,15H,2-3,8H2,1H3,(H,16,18). The van der Waals surface area contributed by atoms with Gasteiger partial charge in [-0.05, 0) is 55.7 Å². The number of anilines is 3. The highest BCUT2D eigenvalue weighted by Gasteiger charge is 2.08. The Bertz CT molecular complexity index is 548. The van der Waals surface area contributed by atoms with Gasteiger partial charge >= 0.3 is 0 Å². The molecule has 0 radical (unpaired) electrons. The van der Waals surface area contributed by atoms with E-state index in [9.17, 15) is 0 Å². The molecule has 0 spiro atoms. The summed E-state index contributed by atoms with van der Waals surface area (Å²) in [4.78, 5) is 0. The van der Waals surface area contributed by atoms with Crippen LogP contribution in [0, 0.1) is 6.92 Å². The third-order valence-corrected chi connectivity index (χ3v) is 3.11. The molecule has 0 saturated carbocycles. The van der Waals surface area contributed by atoms with Crippen molar-refractivity contribution in [2.75, 3.05) is 17.2 Å². The van der Waals surface area contributed by atoms with Crippen LogP contribution in [0.4, 0.5) is 17.2 Å². The average Bonchev–Trinajstić information content (AvgIpc) is 2.41. The molecule has 1 aliphatic heterocycles. The first-order valence-corrected chi connectivity index (χ1v) is 6.25. The van der Waals surface area contributed by atoms with Crippen LogP contribution in [0.25, 0.3) is 0 Å². The molecule has 4 nitrogen and oxygen atoms in total. The van der Waals surface area contributed by atoms with Gasteiger partial charge in [-0.25, -0.2) is 0 Å². The van der Waals surface area contributed by atoms with Crippen LogP contribution in [0.5, 0.6) is 0 Å². The fraction of sp³-hybridized carbons (Fsp3) is 0.286. The summed E-state index contributed by atoms with van der Waals surface area (Å²) in [5, 5.41) is 14.8. The van der Waals surface area contributed by atoms with Gasteiger partial charge in [0.2, 0.25) is 0 Å². The second-order valence-electron chi connectivity index (χ2n) is 4.59. The SMILES string of the molecule is Cc1ccc(Nc2ccc3c(c2)CCCN3)nn1. The molecule has 4 heteroatoms. The van der Waals surface area contributed by atoms with Crippen molar-refractivity contribution in [2.24, 2.45) is 0 Å². The number of aryl methyl sites for hydroxylation is 2. The van der Waals surface area contributed by atoms with Gasteiger partial charge in [-0.2, -0.15) is 5.10 Å². The lowest BCUT2D eigenvalue weighted by atomic mass is 10.0. The maximum atomic E-state index is 4.11. The van der Waals surface area contributed by atoms with Crippen molar-refractivity contribution in [2.45, 2.75) is 19.8 Å². The third-order valence-electron chi connectivity index (χ3n) is 3.11. The quantitative estimate of drug-likeness (QED) is 0.847. The molecule has 1 aromatic carbocycles. The van der Waals surface area contributed by atoms with Crippen LogP contribution in [0.2, 0.25) is 0 Å². The molecular weight excluding hydrogens is 224 g/mol. The van der Waals surface area contributed by atoms with Crippen molar-refractivity contribution in [1.29, 1.82) is 0 Å². The number of hydrogen-bond donors (Lipinski definition) is 2. The van der Waals surface area contributed by atoms with Gasteiger partial charge in [0.15, 0.2) is 5.82 Å². The maximum absolute atomic E-state index is 4.11. The van der Waals surface area contributed by atoms with E-state index in [2.05, 4.69) is 39.0 Å².